The second-order valence-electron chi connectivity index (χ2n) is 5.33. The van der Waals surface area contributed by atoms with Crippen molar-refractivity contribution in [1.29, 1.82) is 0 Å². The Kier molecular flexibility index (Phi) is 7.07. The van der Waals surface area contributed by atoms with Gasteiger partial charge in [0.15, 0.2) is 5.65 Å². The predicted molar refractivity (Wildman–Crippen MR) is 102 cm³/mol. The van der Waals surface area contributed by atoms with Crippen LogP contribution in [0.2, 0.25) is 0 Å². The van der Waals surface area contributed by atoms with E-state index in [-0.39, 0.29) is 18.2 Å². The van der Waals surface area contributed by atoms with Crippen LogP contribution in [-0.4, -0.2) is 33.0 Å². The van der Waals surface area contributed by atoms with Crippen molar-refractivity contribution in [2.45, 2.75) is 33.4 Å². The molecule has 0 aliphatic rings. The third-order valence-corrected chi connectivity index (χ3v) is 3.56. The second kappa shape index (κ2) is 9.48. The average Bonchev–Trinajstić information content (AvgIpc) is 3.10. The van der Waals surface area contributed by atoms with Gasteiger partial charge in [-0.1, -0.05) is 38.1 Å². The van der Waals surface area contributed by atoms with E-state index in [1.807, 2.05) is 38.1 Å². The highest BCUT2D eigenvalue weighted by molar-refractivity contribution is 5.79. The minimum Gasteiger partial charge on any atom is -0.471 e. The van der Waals surface area contributed by atoms with Gasteiger partial charge in [-0.05, 0) is 11.1 Å². The van der Waals surface area contributed by atoms with Crippen molar-refractivity contribution < 1.29 is 14.3 Å². The third-order valence-electron chi connectivity index (χ3n) is 3.56. The standard InChI is InChI=1S/C16H18N6O3.C2H6/c1-24-12(23)6-11-19-13-14(20-11)21-16(18)22-15(13)25-8-10-4-2-9(7-17)3-5-10;1-2/h2-5H,6-8,17H2,1H3,(H3,18,19,20,21,22);1-2H3. The molecule has 0 radical (unpaired) electrons. The fraction of sp³-hybridized carbons (Fsp3) is 0.333. The first kappa shape index (κ1) is 20.1. The molecule has 1 aromatic carbocycles. The summed E-state index contributed by atoms with van der Waals surface area (Å²) in [5, 5.41) is 0. The number of rotatable bonds is 6. The molecule has 0 aliphatic heterocycles. The number of esters is 1. The molecular formula is C18H24N6O3. The third kappa shape index (κ3) is 5.14. The number of H-pyrrole nitrogens is 1. The molecule has 0 saturated heterocycles. The zero-order chi connectivity index (χ0) is 19.8. The first-order valence-corrected chi connectivity index (χ1v) is 8.58. The number of hydrogen-bond donors (Lipinski definition) is 3. The quantitative estimate of drug-likeness (QED) is 0.555. The van der Waals surface area contributed by atoms with Crippen LogP contribution in [-0.2, 0) is 29.1 Å². The summed E-state index contributed by atoms with van der Waals surface area (Å²) in [5.74, 6) is 0.299. The van der Waals surface area contributed by atoms with Crippen molar-refractivity contribution in [2.24, 2.45) is 5.73 Å². The predicted octanol–water partition coefficient (Wildman–Crippen LogP) is 1.71. The molecular weight excluding hydrogens is 348 g/mol. The number of methoxy groups -OCH3 is 1. The van der Waals surface area contributed by atoms with E-state index in [1.165, 1.54) is 7.11 Å². The van der Waals surface area contributed by atoms with E-state index in [4.69, 9.17) is 16.2 Å². The van der Waals surface area contributed by atoms with Crippen LogP contribution in [0.3, 0.4) is 0 Å². The van der Waals surface area contributed by atoms with Gasteiger partial charge < -0.3 is 25.9 Å². The van der Waals surface area contributed by atoms with Gasteiger partial charge in [-0.25, -0.2) is 4.98 Å². The van der Waals surface area contributed by atoms with Crippen molar-refractivity contribution in [3.8, 4) is 5.88 Å². The fourth-order valence-electron chi connectivity index (χ4n) is 2.26. The van der Waals surface area contributed by atoms with Crippen molar-refractivity contribution >= 4 is 23.1 Å². The lowest BCUT2D eigenvalue weighted by molar-refractivity contribution is -0.139. The molecule has 3 rings (SSSR count). The number of carbonyl (C=O) groups excluding carboxylic acids is 1. The number of aromatic amines is 1. The summed E-state index contributed by atoms with van der Waals surface area (Å²) in [7, 11) is 1.31. The average molecular weight is 372 g/mol. The van der Waals surface area contributed by atoms with Crippen LogP contribution in [0.1, 0.15) is 30.8 Å². The molecule has 2 heterocycles. The maximum absolute atomic E-state index is 11.4. The van der Waals surface area contributed by atoms with Gasteiger partial charge in [-0.3, -0.25) is 4.79 Å². The highest BCUT2D eigenvalue weighted by Crippen LogP contribution is 2.22. The van der Waals surface area contributed by atoms with Crippen LogP contribution < -0.4 is 16.2 Å². The number of aromatic nitrogens is 4. The molecule has 9 nitrogen and oxygen atoms in total. The Morgan fingerprint density at radius 3 is 2.41 bits per heavy atom. The SMILES string of the molecule is CC.COC(=O)Cc1nc2nc(N)nc(OCc3ccc(CN)cc3)c2[nH]1. The molecule has 144 valence electrons. The molecule has 9 heteroatoms. The first-order valence-electron chi connectivity index (χ1n) is 8.58. The molecule has 0 aliphatic carbocycles. The number of hydrogen-bond acceptors (Lipinski definition) is 8. The van der Waals surface area contributed by atoms with Crippen LogP contribution >= 0.6 is 0 Å². The van der Waals surface area contributed by atoms with Crippen molar-refractivity contribution in [3.63, 3.8) is 0 Å². The number of carbonyl (C=O) groups is 1. The number of ether oxygens (including phenoxy) is 2. The Bertz CT molecular complexity index is 892. The lowest BCUT2D eigenvalue weighted by Gasteiger charge is -2.07. The van der Waals surface area contributed by atoms with Gasteiger partial charge in [-0.15, -0.1) is 0 Å². The molecule has 0 spiro atoms. The summed E-state index contributed by atoms with van der Waals surface area (Å²) in [6, 6.07) is 7.74. The number of imidazole rings is 1. The Morgan fingerprint density at radius 2 is 1.78 bits per heavy atom. The van der Waals surface area contributed by atoms with E-state index < -0.39 is 5.97 Å². The Morgan fingerprint density at radius 1 is 1.11 bits per heavy atom. The molecule has 0 atom stereocenters. The topological polar surface area (TPSA) is 142 Å². The van der Waals surface area contributed by atoms with Crippen LogP contribution in [0.5, 0.6) is 5.88 Å². The maximum atomic E-state index is 11.4. The van der Waals surface area contributed by atoms with E-state index in [1.54, 1.807) is 0 Å². The summed E-state index contributed by atoms with van der Waals surface area (Å²) in [4.78, 5) is 26.7. The van der Waals surface area contributed by atoms with Gasteiger partial charge in [0.05, 0.1) is 7.11 Å². The Labute approximate surface area is 157 Å². The van der Waals surface area contributed by atoms with E-state index >= 15 is 0 Å². The van der Waals surface area contributed by atoms with E-state index in [0.717, 1.165) is 11.1 Å². The highest BCUT2D eigenvalue weighted by atomic mass is 16.5. The summed E-state index contributed by atoms with van der Waals surface area (Å²) in [5.41, 5.74) is 14.1. The molecule has 2 aromatic heterocycles. The highest BCUT2D eigenvalue weighted by Gasteiger charge is 2.15. The minimum absolute atomic E-state index is 0.00719. The van der Waals surface area contributed by atoms with E-state index in [9.17, 15) is 4.79 Å². The number of nitrogen functional groups attached to an aromatic ring is 1. The summed E-state index contributed by atoms with van der Waals surface area (Å²) in [6.45, 7) is 4.78. The van der Waals surface area contributed by atoms with Gasteiger partial charge in [-0.2, -0.15) is 9.97 Å². The van der Waals surface area contributed by atoms with Crippen LogP contribution in [0.25, 0.3) is 11.2 Å². The van der Waals surface area contributed by atoms with Crippen LogP contribution in [0, 0.1) is 0 Å². The molecule has 5 N–H and O–H groups in total. The lowest BCUT2D eigenvalue weighted by atomic mass is 10.1. The lowest BCUT2D eigenvalue weighted by Crippen LogP contribution is -2.05. The number of nitrogens with zero attached hydrogens (tertiary/aromatic N) is 3. The normalized spacial score (nSPS) is 10.2. The molecule has 3 aromatic rings. The number of nitrogens with one attached hydrogen (secondary N) is 1. The summed E-state index contributed by atoms with van der Waals surface area (Å²) in [6.07, 6.45) is -0.00719. The molecule has 0 bridgehead atoms. The summed E-state index contributed by atoms with van der Waals surface area (Å²) >= 11 is 0. The summed E-state index contributed by atoms with van der Waals surface area (Å²) < 4.78 is 10.4. The largest absolute Gasteiger partial charge is 0.471 e. The smallest absolute Gasteiger partial charge is 0.313 e. The zero-order valence-electron chi connectivity index (χ0n) is 15.7. The van der Waals surface area contributed by atoms with Gasteiger partial charge in [0.25, 0.3) is 0 Å². The first-order chi connectivity index (χ1) is 13.1. The number of fused-ring (bicyclic) bond motifs is 1. The second-order valence-corrected chi connectivity index (χ2v) is 5.33. The fourth-order valence-corrected chi connectivity index (χ4v) is 2.26. The number of benzene rings is 1. The molecule has 27 heavy (non-hydrogen) atoms. The number of nitrogens with two attached hydrogens (primary N) is 2. The van der Waals surface area contributed by atoms with Gasteiger partial charge in [0.1, 0.15) is 24.4 Å². The molecule has 0 amide bonds. The maximum Gasteiger partial charge on any atom is 0.313 e. The van der Waals surface area contributed by atoms with E-state index in [0.29, 0.717) is 30.1 Å². The zero-order valence-corrected chi connectivity index (χ0v) is 15.7. The van der Waals surface area contributed by atoms with Gasteiger partial charge >= 0.3 is 5.97 Å². The number of anilines is 1. The van der Waals surface area contributed by atoms with E-state index in [2.05, 4.69) is 24.7 Å². The molecule has 0 saturated carbocycles. The molecule has 0 unspecified atom stereocenters. The van der Waals surface area contributed by atoms with Gasteiger partial charge in [0, 0.05) is 6.54 Å². The van der Waals surface area contributed by atoms with Crippen molar-refractivity contribution in [3.05, 3.63) is 41.2 Å². The van der Waals surface area contributed by atoms with Gasteiger partial charge in [0.2, 0.25) is 11.8 Å². The van der Waals surface area contributed by atoms with Crippen LogP contribution in [0.15, 0.2) is 24.3 Å². The van der Waals surface area contributed by atoms with Crippen LogP contribution in [0.4, 0.5) is 5.95 Å². The minimum atomic E-state index is -0.414. The Balaban J connectivity index is 0.00000126. The Hall–Kier alpha value is -3.20. The molecule has 0 fully saturated rings. The van der Waals surface area contributed by atoms with Crippen molar-refractivity contribution in [2.75, 3.05) is 12.8 Å². The van der Waals surface area contributed by atoms with Crippen molar-refractivity contribution in [1.82, 2.24) is 19.9 Å². The monoisotopic (exact) mass is 372 g/mol.